The molecule has 3 nitrogen and oxygen atoms in total. The van der Waals surface area contributed by atoms with Gasteiger partial charge in [0.25, 0.3) is 0 Å². The van der Waals surface area contributed by atoms with Gasteiger partial charge in [-0.1, -0.05) is 31.5 Å². The molecule has 2 N–H and O–H groups in total. The molecule has 1 heterocycles. The van der Waals surface area contributed by atoms with Gasteiger partial charge in [-0.15, -0.1) is 0 Å². The Balaban J connectivity index is 3.06. The van der Waals surface area contributed by atoms with E-state index in [-0.39, 0.29) is 16.5 Å². The molecule has 0 atom stereocenters. The molecule has 1 aromatic heterocycles. The van der Waals surface area contributed by atoms with Crippen molar-refractivity contribution >= 4 is 24.2 Å². The second-order valence-corrected chi connectivity index (χ2v) is 3.50. The van der Waals surface area contributed by atoms with Crippen LogP contribution in [0.15, 0.2) is 12.1 Å². The summed E-state index contributed by atoms with van der Waals surface area (Å²) >= 11 is 5.74. The van der Waals surface area contributed by atoms with Crippen LogP contribution < -0.4 is 5.46 Å². The van der Waals surface area contributed by atoms with E-state index >= 15 is 0 Å². The molecule has 0 spiro atoms. The van der Waals surface area contributed by atoms with Gasteiger partial charge in [-0.25, -0.2) is 4.98 Å². The average Bonchev–Trinajstić information content (AvgIpc) is 2.03. The summed E-state index contributed by atoms with van der Waals surface area (Å²) in [5.74, 6) is 0.280. The molecule has 0 saturated heterocycles. The fourth-order valence-electron chi connectivity index (χ4n) is 0.973. The molecule has 0 saturated carbocycles. The topological polar surface area (TPSA) is 53.4 Å². The van der Waals surface area contributed by atoms with Crippen LogP contribution in [0.2, 0.25) is 5.15 Å². The van der Waals surface area contributed by atoms with Crippen molar-refractivity contribution in [1.29, 1.82) is 0 Å². The third-order valence-electron chi connectivity index (χ3n) is 1.77. The quantitative estimate of drug-likeness (QED) is 0.540. The lowest BCUT2D eigenvalue weighted by Crippen LogP contribution is -2.31. The van der Waals surface area contributed by atoms with Gasteiger partial charge in [-0.3, -0.25) is 0 Å². The molecule has 0 fully saturated rings. The lowest BCUT2D eigenvalue weighted by molar-refractivity contribution is 0.425. The van der Waals surface area contributed by atoms with E-state index in [2.05, 4.69) is 4.98 Å². The fraction of sp³-hybridized carbons (Fsp3) is 0.375. The Labute approximate surface area is 82.5 Å². The summed E-state index contributed by atoms with van der Waals surface area (Å²) < 4.78 is 0. The zero-order valence-corrected chi connectivity index (χ0v) is 8.28. The van der Waals surface area contributed by atoms with Crippen LogP contribution in [-0.2, 0) is 0 Å². The fourth-order valence-corrected chi connectivity index (χ4v) is 1.23. The Morgan fingerprint density at radius 3 is 2.38 bits per heavy atom. The number of rotatable bonds is 2. The minimum Gasteiger partial charge on any atom is -0.423 e. The molecule has 0 unspecified atom stereocenters. The van der Waals surface area contributed by atoms with E-state index in [1.807, 2.05) is 13.8 Å². The first kappa shape index (κ1) is 10.5. The van der Waals surface area contributed by atoms with Crippen molar-refractivity contribution in [3.05, 3.63) is 23.0 Å². The van der Waals surface area contributed by atoms with Gasteiger partial charge in [0.15, 0.2) is 0 Å². The second kappa shape index (κ2) is 4.09. The first-order chi connectivity index (χ1) is 6.02. The van der Waals surface area contributed by atoms with Crippen molar-refractivity contribution in [3.8, 4) is 0 Å². The molecule has 5 heteroatoms. The summed E-state index contributed by atoms with van der Waals surface area (Å²) in [4.78, 5) is 4.04. The molecule has 1 aromatic rings. The lowest BCUT2D eigenvalue weighted by atomic mass is 9.81. The molecule has 0 aliphatic rings. The van der Waals surface area contributed by atoms with Gasteiger partial charge in [0.05, 0.1) is 0 Å². The maximum absolute atomic E-state index is 8.87. The predicted molar refractivity (Wildman–Crippen MR) is 53.2 cm³/mol. The van der Waals surface area contributed by atoms with Crippen molar-refractivity contribution in [2.75, 3.05) is 0 Å². The zero-order valence-electron chi connectivity index (χ0n) is 7.53. The highest BCUT2D eigenvalue weighted by Crippen LogP contribution is 2.12. The van der Waals surface area contributed by atoms with Crippen molar-refractivity contribution < 1.29 is 10.0 Å². The van der Waals surface area contributed by atoms with Gasteiger partial charge in [0.2, 0.25) is 0 Å². The summed E-state index contributed by atoms with van der Waals surface area (Å²) in [6.07, 6.45) is 0. The average molecular weight is 199 g/mol. The number of nitrogens with zero attached hydrogens (tertiary/aromatic N) is 1. The first-order valence-corrected chi connectivity index (χ1v) is 4.42. The molecule has 1 rings (SSSR count). The first-order valence-electron chi connectivity index (χ1n) is 4.05. The van der Waals surface area contributed by atoms with Crippen molar-refractivity contribution in [2.45, 2.75) is 19.8 Å². The minimum atomic E-state index is -1.55. The molecule has 0 aromatic carbocycles. The van der Waals surface area contributed by atoms with E-state index in [1.165, 1.54) is 0 Å². The third-order valence-corrected chi connectivity index (χ3v) is 2.07. The van der Waals surface area contributed by atoms with Crippen LogP contribution in [0.25, 0.3) is 0 Å². The minimum absolute atomic E-state index is 0.154. The van der Waals surface area contributed by atoms with Crippen LogP contribution in [0.5, 0.6) is 0 Å². The largest absolute Gasteiger partial charge is 0.491 e. The summed E-state index contributed by atoms with van der Waals surface area (Å²) in [7, 11) is -1.55. The van der Waals surface area contributed by atoms with Crippen molar-refractivity contribution in [1.82, 2.24) is 4.98 Å². The molecule has 0 aliphatic heterocycles. The Hall–Kier alpha value is -0.575. The van der Waals surface area contributed by atoms with Crippen LogP contribution in [-0.4, -0.2) is 22.2 Å². The molecule has 13 heavy (non-hydrogen) atoms. The number of hydrogen-bond donors (Lipinski definition) is 2. The van der Waals surface area contributed by atoms with E-state index in [9.17, 15) is 0 Å². The van der Waals surface area contributed by atoms with E-state index in [0.29, 0.717) is 0 Å². The van der Waals surface area contributed by atoms with Gasteiger partial charge in [-0.05, 0) is 12.0 Å². The van der Waals surface area contributed by atoms with E-state index in [1.54, 1.807) is 12.1 Å². The van der Waals surface area contributed by atoms with Crippen LogP contribution in [0.3, 0.4) is 0 Å². The molecule has 0 amide bonds. The van der Waals surface area contributed by atoms with E-state index < -0.39 is 7.12 Å². The lowest BCUT2D eigenvalue weighted by Gasteiger charge is -2.07. The van der Waals surface area contributed by atoms with Gasteiger partial charge >= 0.3 is 7.12 Å². The van der Waals surface area contributed by atoms with E-state index in [4.69, 9.17) is 21.6 Å². The normalized spacial score (nSPS) is 10.6. The van der Waals surface area contributed by atoms with Gasteiger partial charge < -0.3 is 10.0 Å². The molecule has 0 aliphatic carbocycles. The van der Waals surface area contributed by atoms with Crippen molar-refractivity contribution in [2.24, 2.45) is 0 Å². The molecule has 0 radical (unpaired) electrons. The number of hydrogen-bond acceptors (Lipinski definition) is 3. The Kier molecular flexibility index (Phi) is 3.30. The number of pyridine rings is 1. The van der Waals surface area contributed by atoms with Gasteiger partial charge in [-0.2, -0.15) is 0 Å². The number of halogens is 1. The number of aromatic nitrogens is 1. The maximum Gasteiger partial charge on any atom is 0.491 e. The summed E-state index contributed by atoms with van der Waals surface area (Å²) in [6, 6.07) is 3.32. The van der Waals surface area contributed by atoms with Crippen LogP contribution >= 0.6 is 11.6 Å². The summed E-state index contributed by atoms with van der Waals surface area (Å²) in [6.45, 7) is 3.99. The van der Waals surface area contributed by atoms with Gasteiger partial charge in [0.1, 0.15) is 5.15 Å². The van der Waals surface area contributed by atoms with Gasteiger partial charge in [0, 0.05) is 11.2 Å². The second-order valence-electron chi connectivity index (χ2n) is 3.14. The summed E-state index contributed by atoms with van der Waals surface area (Å²) in [5, 5.41) is 17.9. The SMILES string of the molecule is CC(C)c1ccc(B(O)O)c(Cl)n1. The Morgan fingerprint density at radius 2 is 2.00 bits per heavy atom. The highest BCUT2D eigenvalue weighted by molar-refractivity contribution is 6.62. The maximum atomic E-state index is 8.87. The smallest absolute Gasteiger partial charge is 0.423 e. The monoisotopic (exact) mass is 199 g/mol. The highest BCUT2D eigenvalue weighted by atomic mass is 35.5. The van der Waals surface area contributed by atoms with Crippen LogP contribution in [0.4, 0.5) is 0 Å². The third kappa shape index (κ3) is 2.43. The highest BCUT2D eigenvalue weighted by Gasteiger charge is 2.16. The Bertz CT molecular complexity index is 304. The van der Waals surface area contributed by atoms with E-state index in [0.717, 1.165) is 5.69 Å². The molecule has 70 valence electrons. The van der Waals surface area contributed by atoms with Crippen LogP contribution in [0.1, 0.15) is 25.5 Å². The standard InChI is InChI=1S/C8H11BClNO2/c1-5(2)7-4-3-6(9(12)13)8(10)11-7/h3-5,12-13H,1-2H3. The Morgan fingerprint density at radius 1 is 1.38 bits per heavy atom. The molecular weight excluding hydrogens is 188 g/mol. The molecular formula is C8H11BClNO2. The zero-order chi connectivity index (χ0) is 10.0. The summed E-state index contributed by atoms with van der Waals surface area (Å²) in [5.41, 5.74) is 1.08. The van der Waals surface area contributed by atoms with Crippen LogP contribution in [0, 0.1) is 0 Å². The van der Waals surface area contributed by atoms with Crippen molar-refractivity contribution in [3.63, 3.8) is 0 Å². The predicted octanol–water partition coefficient (Wildman–Crippen LogP) is 0.538. The molecule has 0 bridgehead atoms.